The van der Waals surface area contributed by atoms with Crippen LogP contribution in [0.4, 0.5) is 26.3 Å². The molecule has 0 aliphatic carbocycles. The van der Waals surface area contributed by atoms with Crippen LogP contribution in [0.15, 0.2) is 24.3 Å². The standard InChI is InChI=1S/C13H13BrF6O/c1-7(2)21-9-5-3-8(4-6-9)10(14)11(12(15,16)17)13(18,19)20/h3-7,10-11H,1-2H3. The fraction of sp³-hybridized carbons (Fsp3) is 0.538. The molecule has 0 spiro atoms. The van der Waals surface area contributed by atoms with Gasteiger partial charge in [-0.15, -0.1) is 0 Å². The zero-order chi connectivity index (χ0) is 16.4. The second-order valence-electron chi connectivity index (χ2n) is 4.70. The zero-order valence-electron chi connectivity index (χ0n) is 11.1. The Balaban J connectivity index is 3.02. The van der Waals surface area contributed by atoms with E-state index in [1.807, 2.05) is 0 Å². The van der Waals surface area contributed by atoms with Crippen molar-refractivity contribution in [1.29, 1.82) is 0 Å². The van der Waals surface area contributed by atoms with Gasteiger partial charge in [-0.25, -0.2) is 0 Å². The van der Waals surface area contributed by atoms with Gasteiger partial charge in [-0.05, 0) is 31.5 Å². The molecule has 0 aliphatic rings. The Morgan fingerprint density at radius 3 is 1.67 bits per heavy atom. The van der Waals surface area contributed by atoms with Crippen LogP contribution in [0.2, 0.25) is 0 Å². The normalized spacial score (nSPS) is 14.6. The monoisotopic (exact) mass is 378 g/mol. The van der Waals surface area contributed by atoms with Crippen LogP contribution in [-0.4, -0.2) is 18.5 Å². The summed E-state index contributed by atoms with van der Waals surface area (Å²) in [6.45, 7) is 3.51. The number of hydrogen-bond donors (Lipinski definition) is 0. The third-order valence-corrected chi connectivity index (χ3v) is 3.63. The number of benzene rings is 1. The quantitative estimate of drug-likeness (QED) is 0.485. The first kappa shape index (κ1) is 18.1. The van der Waals surface area contributed by atoms with Crippen molar-refractivity contribution in [3.05, 3.63) is 29.8 Å². The second-order valence-corrected chi connectivity index (χ2v) is 5.68. The first-order chi connectivity index (χ1) is 9.43. The molecule has 0 aromatic heterocycles. The van der Waals surface area contributed by atoms with Crippen molar-refractivity contribution < 1.29 is 31.1 Å². The molecule has 0 amide bonds. The lowest BCUT2D eigenvalue weighted by atomic mass is 9.98. The van der Waals surface area contributed by atoms with Crippen molar-refractivity contribution in [3.63, 3.8) is 0 Å². The molecule has 1 aromatic carbocycles. The Bertz CT molecular complexity index is 437. The highest BCUT2D eigenvalue weighted by atomic mass is 79.9. The van der Waals surface area contributed by atoms with Gasteiger partial charge in [-0.3, -0.25) is 0 Å². The Labute approximate surface area is 126 Å². The molecule has 0 saturated heterocycles. The summed E-state index contributed by atoms with van der Waals surface area (Å²) in [6.07, 6.45) is -10.9. The third-order valence-electron chi connectivity index (χ3n) is 2.57. The SMILES string of the molecule is CC(C)Oc1ccc(C(Br)C(C(F)(F)F)C(F)(F)F)cc1. The van der Waals surface area contributed by atoms with Crippen molar-refractivity contribution in [1.82, 2.24) is 0 Å². The van der Waals surface area contributed by atoms with Crippen molar-refractivity contribution in [2.24, 2.45) is 5.92 Å². The third kappa shape index (κ3) is 5.09. The fourth-order valence-electron chi connectivity index (χ4n) is 1.71. The lowest BCUT2D eigenvalue weighted by molar-refractivity contribution is -0.283. The Hall–Kier alpha value is -0.920. The predicted octanol–water partition coefficient (Wildman–Crippen LogP) is 5.65. The summed E-state index contributed by atoms with van der Waals surface area (Å²) in [5.41, 5.74) is -0.120. The highest BCUT2D eigenvalue weighted by Crippen LogP contribution is 2.50. The Morgan fingerprint density at radius 2 is 1.33 bits per heavy atom. The molecule has 1 unspecified atom stereocenters. The summed E-state index contributed by atoms with van der Waals surface area (Å²) in [5.74, 6) is -3.09. The van der Waals surface area contributed by atoms with Crippen LogP contribution in [0.25, 0.3) is 0 Å². The average molecular weight is 379 g/mol. The summed E-state index contributed by atoms with van der Waals surface area (Å²) in [7, 11) is 0. The van der Waals surface area contributed by atoms with Crippen LogP contribution in [0.5, 0.6) is 5.75 Å². The van der Waals surface area contributed by atoms with Gasteiger partial charge in [-0.2, -0.15) is 26.3 Å². The minimum absolute atomic E-state index is 0.120. The summed E-state index contributed by atoms with van der Waals surface area (Å²) in [5, 5.41) is 0. The van der Waals surface area contributed by atoms with Crippen LogP contribution in [-0.2, 0) is 0 Å². The molecule has 1 aromatic rings. The first-order valence-electron chi connectivity index (χ1n) is 5.97. The van der Waals surface area contributed by atoms with E-state index >= 15 is 0 Å². The van der Waals surface area contributed by atoms with Gasteiger partial charge < -0.3 is 4.74 Å². The molecular weight excluding hydrogens is 366 g/mol. The maximum atomic E-state index is 12.6. The van der Waals surface area contributed by atoms with E-state index in [1.54, 1.807) is 13.8 Å². The van der Waals surface area contributed by atoms with E-state index in [-0.39, 0.29) is 11.7 Å². The van der Waals surface area contributed by atoms with Gasteiger partial charge in [0.1, 0.15) is 5.75 Å². The van der Waals surface area contributed by atoms with Crippen LogP contribution in [0.1, 0.15) is 24.2 Å². The zero-order valence-corrected chi connectivity index (χ0v) is 12.7. The lowest BCUT2D eigenvalue weighted by Crippen LogP contribution is -2.39. The number of ether oxygens (including phenoxy) is 1. The van der Waals surface area contributed by atoms with Crippen molar-refractivity contribution >= 4 is 15.9 Å². The van der Waals surface area contributed by atoms with Crippen LogP contribution in [0.3, 0.4) is 0 Å². The van der Waals surface area contributed by atoms with E-state index in [1.165, 1.54) is 24.3 Å². The molecule has 1 rings (SSSR count). The number of hydrogen-bond acceptors (Lipinski definition) is 1. The average Bonchev–Trinajstić information content (AvgIpc) is 2.24. The number of halogens is 7. The van der Waals surface area contributed by atoms with Gasteiger partial charge in [-0.1, -0.05) is 28.1 Å². The molecule has 0 bridgehead atoms. The molecule has 0 heterocycles. The number of rotatable bonds is 4. The van der Waals surface area contributed by atoms with Crippen molar-refractivity contribution in [2.45, 2.75) is 37.1 Å². The van der Waals surface area contributed by atoms with Crippen molar-refractivity contribution in [3.8, 4) is 5.75 Å². The molecule has 0 saturated carbocycles. The van der Waals surface area contributed by atoms with Gasteiger partial charge in [0, 0.05) is 0 Å². The van der Waals surface area contributed by atoms with Gasteiger partial charge in [0.25, 0.3) is 0 Å². The maximum Gasteiger partial charge on any atom is 0.401 e. The lowest BCUT2D eigenvalue weighted by Gasteiger charge is -2.27. The van der Waals surface area contributed by atoms with E-state index in [0.29, 0.717) is 5.75 Å². The largest absolute Gasteiger partial charge is 0.491 e. The maximum absolute atomic E-state index is 12.6. The second kappa shape index (κ2) is 6.46. The van der Waals surface area contributed by atoms with Gasteiger partial charge in [0.15, 0.2) is 5.92 Å². The van der Waals surface area contributed by atoms with Gasteiger partial charge in [0.05, 0.1) is 10.9 Å². The highest BCUT2D eigenvalue weighted by molar-refractivity contribution is 9.09. The molecule has 0 fully saturated rings. The summed E-state index contributed by atoms with van der Waals surface area (Å²) < 4.78 is 81.1. The van der Waals surface area contributed by atoms with Crippen LogP contribution >= 0.6 is 15.9 Å². The van der Waals surface area contributed by atoms with Gasteiger partial charge >= 0.3 is 12.4 Å². The smallest absolute Gasteiger partial charge is 0.401 e. The summed E-state index contributed by atoms with van der Waals surface area (Å²) in [4.78, 5) is -1.91. The minimum atomic E-state index is -5.39. The van der Waals surface area contributed by atoms with Crippen LogP contribution < -0.4 is 4.74 Å². The molecule has 0 aliphatic heterocycles. The molecule has 21 heavy (non-hydrogen) atoms. The molecule has 0 N–H and O–H groups in total. The van der Waals surface area contributed by atoms with Crippen molar-refractivity contribution in [2.75, 3.05) is 0 Å². The Kier molecular flexibility index (Phi) is 5.57. The van der Waals surface area contributed by atoms with E-state index in [0.717, 1.165) is 0 Å². The summed E-state index contributed by atoms with van der Waals surface area (Å²) in [6, 6.07) is 5.05. The molecule has 0 radical (unpaired) electrons. The predicted molar refractivity (Wildman–Crippen MR) is 69.5 cm³/mol. The molecule has 1 atom stereocenters. The van der Waals surface area contributed by atoms with E-state index in [2.05, 4.69) is 15.9 Å². The van der Waals surface area contributed by atoms with Gasteiger partial charge in [0.2, 0.25) is 0 Å². The molecule has 120 valence electrons. The minimum Gasteiger partial charge on any atom is -0.491 e. The Morgan fingerprint density at radius 1 is 0.905 bits per heavy atom. The summed E-state index contributed by atoms with van der Waals surface area (Å²) >= 11 is 2.52. The van der Waals surface area contributed by atoms with E-state index < -0.39 is 23.1 Å². The fourth-order valence-corrected chi connectivity index (χ4v) is 2.62. The van der Waals surface area contributed by atoms with Crippen LogP contribution in [0, 0.1) is 5.92 Å². The topological polar surface area (TPSA) is 9.23 Å². The van der Waals surface area contributed by atoms with E-state index in [9.17, 15) is 26.3 Å². The molecule has 8 heteroatoms. The molecule has 1 nitrogen and oxygen atoms in total. The molecular formula is C13H13BrF6O. The first-order valence-corrected chi connectivity index (χ1v) is 6.88. The highest BCUT2D eigenvalue weighted by Gasteiger charge is 2.59. The van der Waals surface area contributed by atoms with E-state index in [4.69, 9.17) is 4.74 Å². The number of alkyl halides is 7.